The lowest BCUT2D eigenvalue weighted by Crippen LogP contribution is -2.37. The quantitative estimate of drug-likeness (QED) is 0.726. The fraction of sp³-hybridized carbons (Fsp3) is 0.294. The molecule has 1 aliphatic heterocycles. The topological polar surface area (TPSA) is 105 Å². The molecule has 2 aromatic heterocycles. The normalized spacial score (nSPS) is 16.8. The molecule has 1 fully saturated rings. The van der Waals surface area contributed by atoms with Crippen molar-refractivity contribution in [2.45, 2.75) is 25.4 Å². The van der Waals surface area contributed by atoms with Gasteiger partial charge in [-0.1, -0.05) is 6.07 Å². The Hall–Kier alpha value is -3.16. The second-order valence-electron chi connectivity index (χ2n) is 5.63. The van der Waals surface area contributed by atoms with Crippen molar-refractivity contribution in [2.75, 3.05) is 6.54 Å². The Morgan fingerprint density at radius 1 is 1.28 bits per heavy atom. The third kappa shape index (κ3) is 4.23. The van der Waals surface area contributed by atoms with Gasteiger partial charge in [0.25, 0.3) is 5.91 Å². The summed E-state index contributed by atoms with van der Waals surface area (Å²) < 4.78 is 5.14. The number of amides is 4. The van der Waals surface area contributed by atoms with E-state index in [4.69, 9.17) is 4.42 Å². The molecule has 3 rings (SSSR count). The van der Waals surface area contributed by atoms with Crippen molar-refractivity contribution in [1.82, 2.24) is 20.5 Å². The lowest BCUT2D eigenvalue weighted by atomic mass is 10.2. The monoisotopic (exact) mass is 342 g/mol. The van der Waals surface area contributed by atoms with Crippen LogP contribution in [0.3, 0.4) is 0 Å². The highest BCUT2D eigenvalue weighted by Crippen LogP contribution is 2.14. The maximum atomic E-state index is 12.3. The van der Waals surface area contributed by atoms with Crippen molar-refractivity contribution in [3.63, 3.8) is 0 Å². The van der Waals surface area contributed by atoms with E-state index in [0.717, 1.165) is 10.6 Å². The Bertz CT molecular complexity index is 745. The van der Waals surface area contributed by atoms with Crippen LogP contribution in [0.1, 0.15) is 17.9 Å². The molecule has 0 aromatic carbocycles. The van der Waals surface area contributed by atoms with Crippen LogP contribution in [0.5, 0.6) is 0 Å². The lowest BCUT2D eigenvalue weighted by molar-refractivity contribution is -0.131. The van der Waals surface area contributed by atoms with Crippen LogP contribution in [0, 0.1) is 0 Å². The maximum Gasteiger partial charge on any atom is 0.325 e. The number of rotatable bonds is 7. The van der Waals surface area contributed by atoms with E-state index >= 15 is 0 Å². The fourth-order valence-electron chi connectivity index (χ4n) is 2.56. The van der Waals surface area contributed by atoms with E-state index in [1.165, 1.54) is 6.26 Å². The highest BCUT2D eigenvalue weighted by molar-refractivity contribution is 6.05. The average molecular weight is 342 g/mol. The van der Waals surface area contributed by atoms with E-state index < -0.39 is 18.0 Å². The molecule has 1 saturated heterocycles. The molecule has 0 spiro atoms. The first-order chi connectivity index (χ1) is 12.1. The fourth-order valence-corrected chi connectivity index (χ4v) is 2.56. The van der Waals surface area contributed by atoms with E-state index in [-0.39, 0.29) is 18.9 Å². The van der Waals surface area contributed by atoms with E-state index in [1.54, 1.807) is 18.3 Å². The third-order valence-electron chi connectivity index (χ3n) is 3.82. The number of urea groups is 1. The smallest absolute Gasteiger partial charge is 0.325 e. The number of nitrogens with zero attached hydrogens (tertiary/aromatic N) is 2. The minimum Gasteiger partial charge on any atom is -0.467 e. The molecule has 3 heterocycles. The standard InChI is InChI=1S/C17H18N4O4/c22-15(19-8-6-12-4-1-2-7-18-12)10-14-16(23)21(17(24)20-14)11-13-5-3-9-25-13/h1-5,7,9,14H,6,8,10-11H2,(H,19,22)(H,20,24)/t14-/m0/s1. The summed E-state index contributed by atoms with van der Waals surface area (Å²) in [5, 5.41) is 5.26. The molecule has 0 saturated carbocycles. The first-order valence-electron chi connectivity index (χ1n) is 7.94. The molecule has 8 nitrogen and oxygen atoms in total. The van der Waals surface area contributed by atoms with Gasteiger partial charge in [0.2, 0.25) is 5.91 Å². The van der Waals surface area contributed by atoms with Crippen molar-refractivity contribution < 1.29 is 18.8 Å². The van der Waals surface area contributed by atoms with Crippen molar-refractivity contribution in [2.24, 2.45) is 0 Å². The number of imide groups is 1. The van der Waals surface area contributed by atoms with Crippen LogP contribution in [0.2, 0.25) is 0 Å². The van der Waals surface area contributed by atoms with Gasteiger partial charge in [-0.15, -0.1) is 0 Å². The number of carbonyl (C=O) groups is 3. The summed E-state index contributed by atoms with van der Waals surface area (Å²) in [7, 11) is 0. The molecule has 1 aliphatic rings. The number of pyridine rings is 1. The zero-order chi connectivity index (χ0) is 17.6. The van der Waals surface area contributed by atoms with Gasteiger partial charge < -0.3 is 15.1 Å². The molecule has 130 valence electrons. The van der Waals surface area contributed by atoms with Crippen molar-refractivity contribution in [1.29, 1.82) is 0 Å². The first-order valence-corrected chi connectivity index (χ1v) is 7.94. The number of hydrogen-bond acceptors (Lipinski definition) is 5. The number of nitrogens with one attached hydrogen (secondary N) is 2. The molecule has 8 heteroatoms. The van der Waals surface area contributed by atoms with Crippen molar-refractivity contribution in [3.05, 3.63) is 54.2 Å². The maximum absolute atomic E-state index is 12.3. The van der Waals surface area contributed by atoms with Gasteiger partial charge >= 0.3 is 6.03 Å². The number of aromatic nitrogens is 1. The second kappa shape index (κ2) is 7.61. The molecular weight excluding hydrogens is 324 g/mol. The number of hydrogen-bond donors (Lipinski definition) is 2. The van der Waals surface area contributed by atoms with Crippen LogP contribution in [0.4, 0.5) is 4.79 Å². The summed E-state index contributed by atoms with van der Waals surface area (Å²) in [6.45, 7) is 0.469. The van der Waals surface area contributed by atoms with Crippen LogP contribution in [-0.4, -0.2) is 40.3 Å². The van der Waals surface area contributed by atoms with Crippen molar-refractivity contribution in [3.8, 4) is 0 Å². The van der Waals surface area contributed by atoms with Crippen LogP contribution in [0.15, 0.2) is 47.2 Å². The van der Waals surface area contributed by atoms with E-state index in [2.05, 4.69) is 15.6 Å². The summed E-state index contributed by atoms with van der Waals surface area (Å²) in [5.41, 5.74) is 0.873. The average Bonchev–Trinajstić information content (AvgIpc) is 3.20. The zero-order valence-electron chi connectivity index (χ0n) is 13.5. The van der Waals surface area contributed by atoms with Gasteiger partial charge in [-0.3, -0.25) is 19.5 Å². The molecular formula is C17H18N4O4. The van der Waals surface area contributed by atoms with Gasteiger partial charge in [-0.05, 0) is 24.3 Å². The molecule has 0 bridgehead atoms. The molecule has 0 aliphatic carbocycles. The minimum absolute atomic E-state index is 0.0511. The second-order valence-corrected chi connectivity index (χ2v) is 5.63. The summed E-state index contributed by atoms with van der Waals surface area (Å²) >= 11 is 0. The van der Waals surface area contributed by atoms with Crippen LogP contribution in [0.25, 0.3) is 0 Å². The van der Waals surface area contributed by atoms with Gasteiger partial charge in [0, 0.05) is 24.9 Å². The number of carbonyl (C=O) groups excluding carboxylic acids is 3. The molecule has 25 heavy (non-hydrogen) atoms. The Labute approximate surface area is 144 Å². The van der Waals surface area contributed by atoms with Crippen LogP contribution < -0.4 is 10.6 Å². The van der Waals surface area contributed by atoms with Gasteiger partial charge in [0.15, 0.2) is 0 Å². The van der Waals surface area contributed by atoms with Crippen molar-refractivity contribution >= 4 is 17.8 Å². The predicted molar refractivity (Wildman–Crippen MR) is 87.1 cm³/mol. The van der Waals surface area contributed by atoms with E-state index in [0.29, 0.717) is 18.7 Å². The summed E-state index contributed by atoms with van der Waals surface area (Å²) in [4.78, 5) is 41.4. The Kier molecular flexibility index (Phi) is 5.08. The van der Waals surface area contributed by atoms with E-state index in [9.17, 15) is 14.4 Å². The molecule has 4 amide bonds. The lowest BCUT2D eigenvalue weighted by Gasteiger charge is -2.11. The number of furan rings is 1. The van der Waals surface area contributed by atoms with Crippen LogP contribution >= 0.6 is 0 Å². The Balaban J connectivity index is 1.46. The third-order valence-corrected chi connectivity index (χ3v) is 3.82. The summed E-state index contributed by atoms with van der Waals surface area (Å²) in [6, 6.07) is 7.57. The SMILES string of the molecule is O=C(C[C@@H]1NC(=O)N(Cc2ccco2)C1=O)NCCc1ccccn1. The highest BCUT2D eigenvalue weighted by atomic mass is 16.3. The van der Waals surface area contributed by atoms with E-state index in [1.807, 2.05) is 18.2 Å². The molecule has 2 N–H and O–H groups in total. The molecule has 1 atom stereocenters. The Morgan fingerprint density at radius 3 is 2.88 bits per heavy atom. The first kappa shape index (κ1) is 16.7. The largest absolute Gasteiger partial charge is 0.467 e. The highest BCUT2D eigenvalue weighted by Gasteiger charge is 2.39. The molecule has 0 radical (unpaired) electrons. The minimum atomic E-state index is -0.850. The Morgan fingerprint density at radius 2 is 2.16 bits per heavy atom. The van der Waals surface area contributed by atoms with Crippen LogP contribution in [-0.2, 0) is 22.6 Å². The molecule has 2 aromatic rings. The van der Waals surface area contributed by atoms with Gasteiger partial charge in [-0.25, -0.2) is 4.79 Å². The summed E-state index contributed by atoms with van der Waals surface area (Å²) in [5.74, 6) is -0.223. The van der Waals surface area contributed by atoms with Gasteiger partial charge in [0.05, 0.1) is 19.2 Å². The predicted octanol–water partition coefficient (Wildman–Crippen LogP) is 0.844. The zero-order valence-corrected chi connectivity index (χ0v) is 13.5. The molecule has 0 unspecified atom stereocenters. The van der Waals surface area contributed by atoms with Gasteiger partial charge in [0.1, 0.15) is 11.8 Å². The summed E-state index contributed by atoms with van der Waals surface area (Å²) in [6.07, 6.45) is 3.67. The van der Waals surface area contributed by atoms with Gasteiger partial charge in [-0.2, -0.15) is 0 Å².